The monoisotopic (exact) mass is 292 g/mol. The highest BCUT2D eigenvalue weighted by Crippen LogP contribution is 2.35. The number of fused-ring (bicyclic) bond motifs is 3. The molecule has 0 spiro atoms. The van der Waals surface area contributed by atoms with Gasteiger partial charge >= 0.3 is 0 Å². The van der Waals surface area contributed by atoms with E-state index >= 15 is 0 Å². The number of aliphatic hydroxyl groups is 1. The Kier molecular flexibility index (Phi) is 3.21. The van der Waals surface area contributed by atoms with E-state index in [9.17, 15) is 14.7 Å². The Morgan fingerprint density at radius 2 is 1.73 bits per heavy atom. The number of carbonyl (C=O) groups is 2. The van der Waals surface area contributed by atoms with Crippen LogP contribution in [0.2, 0.25) is 0 Å². The molecule has 3 nitrogen and oxygen atoms in total. The van der Waals surface area contributed by atoms with Crippen molar-refractivity contribution in [2.24, 2.45) is 0 Å². The topological polar surface area (TPSA) is 54.4 Å². The maximum atomic E-state index is 12.5. The molecule has 0 radical (unpaired) electrons. The highest BCUT2D eigenvalue weighted by atomic mass is 16.3. The molecule has 22 heavy (non-hydrogen) atoms. The van der Waals surface area contributed by atoms with Gasteiger partial charge in [0, 0.05) is 16.7 Å². The molecule has 0 atom stereocenters. The fourth-order valence-corrected chi connectivity index (χ4v) is 2.96. The van der Waals surface area contributed by atoms with Crippen LogP contribution in [0.5, 0.6) is 0 Å². The van der Waals surface area contributed by atoms with Crippen LogP contribution < -0.4 is 0 Å². The molecule has 0 saturated carbocycles. The van der Waals surface area contributed by atoms with E-state index in [1.165, 1.54) is 6.08 Å². The van der Waals surface area contributed by atoms with Gasteiger partial charge in [0.2, 0.25) is 11.6 Å². The zero-order chi connectivity index (χ0) is 16.0. The summed E-state index contributed by atoms with van der Waals surface area (Å²) < 4.78 is 0. The number of rotatable bonds is 2. The molecule has 110 valence electrons. The number of aliphatic hydroxyl groups excluding tert-OH is 1. The summed E-state index contributed by atoms with van der Waals surface area (Å²) in [6.45, 7) is 7.55. The Labute approximate surface area is 128 Å². The molecule has 1 aliphatic rings. The minimum atomic E-state index is -0.643. The average molecular weight is 292 g/mol. The minimum Gasteiger partial charge on any atom is -0.507 e. The number of hydrogen-bond donors (Lipinski definition) is 1. The Balaban J connectivity index is 2.42. The lowest BCUT2D eigenvalue weighted by Crippen LogP contribution is -2.24. The van der Waals surface area contributed by atoms with Crippen molar-refractivity contribution in [2.45, 2.75) is 20.3 Å². The SMILES string of the molecule is C=CCC1=C(O)c2ccc3c(C)c(C)ccc3c2C(=O)C1=O. The summed E-state index contributed by atoms with van der Waals surface area (Å²) in [4.78, 5) is 24.8. The lowest BCUT2D eigenvalue weighted by Gasteiger charge is -2.20. The van der Waals surface area contributed by atoms with Gasteiger partial charge in [0.15, 0.2) is 0 Å². The largest absolute Gasteiger partial charge is 0.507 e. The van der Waals surface area contributed by atoms with Gasteiger partial charge < -0.3 is 5.11 Å². The zero-order valence-electron chi connectivity index (χ0n) is 12.6. The van der Waals surface area contributed by atoms with Gasteiger partial charge in [-0.2, -0.15) is 0 Å². The van der Waals surface area contributed by atoms with Crippen LogP contribution >= 0.6 is 0 Å². The van der Waals surface area contributed by atoms with E-state index in [1.54, 1.807) is 6.07 Å². The second-order valence-corrected chi connectivity index (χ2v) is 5.57. The van der Waals surface area contributed by atoms with Crippen LogP contribution in [0.15, 0.2) is 42.5 Å². The first-order valence-electron chi connectivity index (χ1n) is 7.12. The normalized spacial score (nSPS) is 14.5. The standard InChI is InChI=1S/C19H16O3/c1-4-5-15-17(20)14-9-8-12-11(3)10(2)6-7-13(12)16(14)19(22)18(15)21/h4,6-9,20H,1,5H2,2-3H3. The van der Waals surface area contributed by atoms with E-state index in [0.717, 1.165) is 16.5 Å². The first-order chi connectivity index (χ1) is 10.5. The molecule has 2 aromatic rings. The third-order valence-corrected chi connectivity index (χ3v) is 4.34. The minimum absolute atomic E-state index is 0.111. The van der Waals surface area contributed by atoms with Gasteiger partial charge in [0.25, 0.3) is 0 Å². The van der Waals surface area contributed by atoms with Crippen molar-refractivity contribution in [3.8, 4) is 0 Å². The highest BCUT2D eigenvalue weighted by Gasteiger charge is 2.33. The molecule has 0 heterocycles. The Morgan fingerprint density at radius 1 is 1.05 bits per heavy atom. The van der Waals surface area contributed by atoms with Crippen molar-refractivity contribution < 1.29 is 14.7 Å². The van der Waals surface area contributed by atoms with Gasteiger partial charge in [-0.05, 0) is 48.2 Å². The van der Waals surface area contributed by atoms with Crippen molar-refractivity contribution >= 4 is 28.1 Å². The molecule has 1 N–H and O–H groups in total. The van der Waals surface area contributed by atoms with Crippen molar-refractivity contribution in [3.05, 3.63) is 64.7 Å². The highest BCUT2D eigenvalue weighted by molar-refractivity contribution is 6.54. The molecule has 0 amide bonds. The molecular formula is C19H16O3. The van der Waals surface area contributed by atoms with Gasteiger partial charge in [0.05, 0.1) is 0 Å². The summed E-state index contributed by atoms with van der Waals surface area (Å²) in [5, 5.41) is 12.0. The summed E-state index contributed by atoms with van der Waals surface area (Å²) in [7, 11) is 0. The van der Waals surface area contributed by atoms with Gasteiger partial charge in [-0.25, -0.2) is 0 Å². The van der Waals surface area contributed by atoms with Gasteiger partial charge in [-0.1, -0.05) is 24.3 Å². The molecule has 3 rings (SSSR count). The van der Waals surface area contributed by atoms with Gasteiger partial charge in [-0.15, -0.1) is 6.58 Å². The first-order valence-corrected chi connectivity index (χ1v) is 7.12. The molecular weight excluding hydrogens is 276 g/mol. The maximum Gasteiger partial charge on any atom is 0.234 e. The predicted octanol–water partition coefficient (Wildman–Crippen LogP) is 4.07. The fourth-order valence-electron chi connectivity index (χ4n) is 2.96. The summed E-state index contributed by atoms with van der Waals surface area (Å²) in [6.07, 6.45) is 1.69. The average Bonchev–Trinajstić information content (AvgIpc) is 2.52. The molecule has 1 aliphatic carbocycles. The quantitative estimate of drug-likeness (QED) is 0.670. The number of ketones is 2. The van der Waals surface area contributed by atoms with E-state index in [0.29, 0.717) is 16.5 Å². The summed E-state index contributed by atoms with van der Waals surface area (Å²) in [5.74, 6) is -1.31. The Hall–Kier alpha value is -2.68. The van der Waals surface area contributed by atoms with Crippen LogP contribution in [0.25, 0.3) is 16.5 Å². The maximum absolute atomic E-state index is 12.5. The lowest BCUT2D eigenvalue weighted by molar-refractivity contribution is -0.112. The molecule has 0 saturated heterocycles. The van der Waals surface area contributed by atoms with Crippen LogP contribution in [0.3, 0.4) is 0 Å². The molecule has 0 bridgehead atoms. The lowest BCUT2D eigenvalue weighted by atomic mass is 9.83. The second kappa shape index (κ2) is 4.95. The number of carbonyl (C=O) groups excluding carboxylic acids is 2. The molecule has 0 aliphatic heterocycles. The summed E-state index contributed by atoms with van der Waals surface area (Å²) >= 11 is 0. The van der Waals surface area contributed by atoms with Crippen molar-refractivity contribution in [1.82, 2.24) is 0 Å². The van der Waals surface area contributed by atoms with E-state index in [4.69, 9.17) is 0 Å². The molecule has 0 aromatic heterocycles. The van der Waals surface area contributed by atoms with Crippen molar-refractivity contribution in [3.63, 3.8) is 0 Å². The number of benzene rings is 2. The molecule has 0 fully saturated rings. The van der Waals surface area contributed by atoms with Crippen LogP contribution in [-0.4, -0.2) is 16.7 Å². The summed E-state index contributed by atoms with van der Waals surface area (Å²) in [5.41, 5.74) is 3.04. The van der Waals surface area contributed by atoms with E-state index < -0.39 is 11.6 Å². The van der Waals surface area contributed by atoms with Crippen LogP contribution in [0.4, 0.5) is 0 Å². The van der Waals surface area contributed by atoms with Crippen LogP contribution in [0.1, 0.15) is 33.5 Å². The number of aryl methyl sites for hydroxylation is 2. The van der Waals surface area contributed by atoms with Crippen LogP contribution in [0, 0.1) is 13.8 Å². The van der Waals surface area contributed by atoms with Gasteiger partial charge in [-0.3, -0.25) is 9.59 Å². The van der Waals surface area contributed by atoms with E-state index in [2.05, 4.69) is 6.58 Å². The number of Topliss-reactive ketones (excluding diaryl/α,β-unsaturated/α-hetero) is 2. The first kappa shape index (κ1) is 14.3. The number of hydrogen-bond acceptors (Lipinski definition) is 3. The Morgan fingerprint density at radius 3 is 2.41 bits per heavy atom. The third kappa shape index (κ3) is 1.82. The fraction of sp³-hybridized carbons (Fsp3) is 0.158. The molecule has 0 unspecified atom stereocenters. The molecule has 2 aromatic carbocycles. The van der Waals surface area contributed by atoms with E-state index in [-0.39, 0.29) is 17.8 Å². The smallest absolute Gasteiger partial charge is 0.234 e. The predicted molar refractivity (Wildman–Crippen MR) is 87.1 cm³/mol. The zero-order valence-corrected chi connectivity index (χ0v) is 12.6. The summed E-state index contributed by atoms with van der Waals surface area (Å²) in [6, 6.07) is 7.37. The van der Waals surface area contributed by atoms with Crippen molar-refractivity contribution in [1.29, 1.82) is 0 Å². The molecule has 3 heteroatoms. The van der Waals surface area contributed by atoms with Crippen molar-refractivity contribution in [2.75, 3.05) is 0 Å². The van der Waals surface area contributed by atoms with E-state index in [1.807, 2.05) is 32.0 Å². The Bertz CT molecular complexity index is 885. The second-order valence-electron chi connectivity index (χ2n) is 5.57. The van der Waals surface area contributed by atoms with Crippen LogP contribution in [-0.2, 0) is 4.79 Å². The third-order valence-electron chi connectivity index (χ3n) is 4.34. The number of allylic oxidation sites excluding steroid dienone is 2. The van der Waals surface area contributed by atoms with Gasteiger partial charge in [0.1, 0.15) is 5.76 Å².